The van der Waals surface area contributed by atoms with Gasteiger partial charge in [-0.1, -0.05) is 43.3 Å². The third-order valence-electron chi connectivity index (χ3n) is 3.94. The molecule has 3 heterocycles. The van der Waals surface area contributed by atoms with Crippen LogP contribution in [-0.2, 0) is 0 Å². The fraction of sp³-hybridized carbons (Fsp3) is 0.167. The zero-order valence-electron chi connectivity index (χ0n) is 13.3. The maximum Gasteiger partial charge on any atom is 0.254 e. The molecule has 0 radical (unpaired) electrons. The van der Waals surface area contributed by atoms with E-state index in [0.717, 1.165) is 23.5 Å². The Labute approximate surface area is 144 Å². The molecule has 0 fully saturated rings. The third-order valence-corrected chi connectivity index (χ3v) is 4.92. The molecule has 0 aliphatic carbocycles. The summed E-state index contributed by atoms with van der Waals surface area (Å²) in [6.45, 7) is 2.18. The third kappa shape index (κ3) is 2.76. The summed E-state index contributed by atoms with van der Waals surface area (Å²) in [7, 11) is 0. The van der Waals surface area contributed by atoms with E-state index in [-0.39, 0.29) is 6.04 Å². The second-order valence-corrected chi connectivity index (χ2v) is 6.46. The highest BCUT2D eigenvalue weighted by Gasteiger charge is 2.15. The van der Waals surface area contributed by atoms with Crippen molar-refractivity contribution < 1.29 is 0 Å². The van der Waals surface area contributed by atoms with Crippen LogP contribution < -0.4 is 5.32 Å². The van der Waals surface area contributed by atoms with E-state index in [1.54, 1.807) is 15.9 Å². The van der Waals surface area contributed by atoms with Crippen LogP contribution in [0.2, 0.25) is 0 Å². The van der Waals surface area contributed by atoms with Gasteiger partial charge < -0.3 is 5.32 Å². The number of thiophene rings is 1. The maximum atomic E-state index is 4.61. The van der Waals surface area contributed by atoms with Gasteiger partial charge >= 0.3 is 0 Å². The molecule has 24 heavy (non-hydrogen) atoms. The summed E-state index contributed by atoms with van der Waals surface area (Å²) in [6.07, 6.45) is 2.52. The molecule has 1 atom stereocenters. The number of hydrogen-bond donors (Lipinski definition) is 1. The first kappa shape index (κ1) is 14.8. The Bertz CT molecular complexity index is 931. The molecule has 0 saturated carbocycles. The second kappa shape index (κ2) is 6.41. The van der Waals surface area contributed by atoms with Crippen molar-refractivity contribution in [2.24, 2.45) is 0 Å². The van der Waals surface area contributed by atoms with E-state index in [1.165, 1.54) is 11.2 Å². The van der Waals surface area contributed by atoms with Gasteiger partial charge in [0.05, 0.1) is 11.7 Å². The Morgan fingerprint density at radius 3 is 2.79 bits per heavy atom. The summed E-state index contributed by atoms with van der Waals surface area (Å²) < 4.78 is 1.75. The molecule has 0 amide bonds. The highest BCUT2D eigenvalue weighted by molar-refractivity contribution is 7.10. The monoisotopic (exact) mass is 335 g/mol. The Morgan fingerprint density at radius 2 is 2.04 bits per heavy atom. The molecule has 3 aromatic heterocycles. The van der Waals surface area contributed by atoms with E-state index in [0.29, 0.717) is 5.78 Å². The van der Waals surface area contributed by atoms with Crippen molar-refractivity contribution in [1.29, 1.82) is 0 Å². The summed E-state index contributed by atoms with van der Waals surface area (Å²) in [4.78, 5) is 10.2. The standard InChI is InChI=1S/C18H17N5S/c1-2-14(16-9-6-10-24-16)21-17-11-15(13-7-4-3-5-8-13)22-18-19-12-20-23(17)18/h3-12,14,21H,2H2,1H3. The lowest BCUT2D eigenvalue weighted by Crippen LogP contribution is -2.12. The van der Waals surface area contributed by atoms with Gasteiger partial charge in [0.1, 0.15) is 12.1 Å². The minimum atomic E-state index is 0.239. The summed E-state index contributed by atoms with van der Waals surface area (Å²) >= 11 is 1.76. The number of hydrogen-bond acceptors (Lipinski definition) is 5. The Morgan fingerprint density at radius 1 is 1.17 bits per heavy atom. The van der Waals surface area contributed by atoms with E-state index >= 15 is 0 Å². The van der Waals surface area contributed by atoms with Crippen molar-refractivity contribution in [3.63, 3.8) is 0 Å². The van der Waals surface area contributed by atoms with Crippen LogP contribution in [0.5, 0.6) is 0 Å². The maximum absolute atomic E-state index is 4.61. The van der Waals surface area contributed by atoms with Gasteiger partial charge in [0.2, 0.25) is 0 Å². The topological polar surface area (TPSA) is 55.1 Å². The van der Waals surface area contributed by atoms with Gasteiger partial charge in [0.25, 0.3) is 5.78 Å². The first-order valence-corrected chi connectivity index (χ1v) is 8.79. The number of fused-ring (bicyclic) bond motifs is 1. The molecule has 5 nitrogen and oxygen atoms in total. The molecule has 120 valence electrons. The Hall–Kier alpha value is -2.73. The van der Waals surface area contributed by atoms with Gasteiger partial charge in [-0.05, 0) is 17.9 Å². The first-order chi connectivity index (χ1) is 11.8. The van der Waals surface area contributed by atoms with Crippen LogP contribution in [0.25, 0.3) is 17.0 Å². The molecule has 6 heteroatoms. The number of benzene rings is 1. The molecule has 1 unspecified atom stereocenters. The average molecular weight is 335 g/mol. The molecule has 0 saturated heterocycles. The molecule has 0 bridgehead atoms. The fourth-order valence-electron chi connectivity index (χ4n) is 2.71. The zero-order valence-corrected chi connectivity index (χ0v) is 14.1. The minimum Gasteiger partial charge on any atom is -0.362 e. The number of nitrogens with one attached hydrogen (secondary N) is 1. The average Bonchev–Trinajstić information content (AvgIpc) is 3.31. The second-order valence-electron chi connectivity index (χ2n) is 5.49. The van der Waals surface area contributed by atoms with Crippen molar-refractivity contribution in [3.05, 3.63) is 65.1 Å². The highest BCUT2D eigenvalue weighted by Crippen LogP contribution is 2.28. The van der Waals surface area contributed by atoms with Crippen LogP contribution in [0.1, 0.15) is 24.3 Å². The van der Waals surface area contributed by atoms with Crippen molar-refractivity contribution in [1.82, 2.24) is 19.6 Å². The lowest BCUT2D eigenvalue weighted by molar-refractivity contribution is 0.748. The van der Waals surface area contributed by atoms with Crippen LogP contribution in [0.4, 0.5) is 5.82 Å². The van der Waals surface area contributed by atoms with Crippen molar-refractivity contribution in [2.75, 3.05) is 5.32 Å². The van der Waals surface area contributed by atoms with Gasteiger partial charge in [-0.3, -0.25) is 0 Å². The molecule has 0 aliphatic heterocycles. The number of aromatic nitrogens is 4. The van der Waals surface area contributed by atoms with Gasteiger partial charge in [0, 0.05) is 16.5 Å². The Kier molecular flexibility index (Phi) is 3.96. The van der Waals surface area contributed by atoms with E-state index in [2.05, 4.69) is 57.0 Å². The lowest BCUT2D eigenvalue weighted by atomic mass is 10.1. The molecule has 1 aromatic carbocycles. The molecule has 4 rings (SSSR count). The van der Waals surface area contributed by atoms with Gasteiger partial charge in [0.15, 0.2) is 0 Å². The SMILES string of the molecule is CCC(Nc1cc(-c2ccccc2)nc2ncnn12)c1cccs1. The molecule has 0 spiro atoms. The summed E-state index contributed by atoms with van der Waals surface area (Å²) in [5.41, 5.74) is 1.95. The normalized spacial score (nSPS) is 12.4. The minimum absolute atomic E-state index is 0.239. The van der Waals surface area contributed by atoms with Crippen molar-refractivity contribution in [2.45, 2.75) is 19.4 Å². The van der Waals surface area contributed by atoms with Crippen molar-refractivity contribution in [3.8, 4) is 11.3 Å². The summed E-state index contributed by atoms with van der Waals surface area (Å²) in [5.74, 6) is 1.50. The van der Waals surface area contributed by atoms with E-state index in [4.69, 9.17) is 0 Å². The van der Waals surface area contributed by atoms with Gasteiger partial charge in [-0.25, -0.2) is 4.98 Å². The quantitative estimate of drug-likeness (QED) is 0.587. The van der Waals surface area contributed by atoms with Gasteiger partial charge in [-0.15, -0.1) is 11.3 Å². The molecule has 0 aliphatic rings. The van der Waals surface area contributed by atoms with Crippen LogP contribution in [-0.4, -0.2) is 19.6 Å². The number of rotatable bonds is 5. The summed E-state index contributed by atoms with van der Waals surface area (Å²) in [6, 6.07) is 16.6. The molecule has 4 aromatic rings. The van der Waals surface area contributed by atoms with Crippen LogP contribution >= 0.6 is 11.3 Å². The Balaban J connectivity index is 1.78. The van der Waals surface area contributed by atoms with Crippen LogP contribution in [0.15, 0.2) is 60.2 Å². The van der Waals surface area contributed by atoms with Gasteiger partial charge in [-0.2, -0.15) is 14.6 Å². The molecule has 1 N–H and O–H groups in total. The first-order valence-electron chi connectivity index (χ1n) is 7.91. The fourth-order valence-corrected chi connectivity index (χ4v) is 3.58. The predicted octanol–water partition coefficient (Wildman–Crippen LogP) is 4.42. The lowest BCUT2D eigenvalue weighted by Gasteiger charge is -2.18. The smallest absolute Gasteiger partial charge is 0.254 e. The molecular weight excluding hydrogens is 318 g/mol. The number of nitrogens with zero attached hydrogens (tertiary/aromatic N) is 4. The predicted molar refractivity (Wildman–Crippen MR) is 97.2 cm³/mol. The van der Waals surface area contributed by atoms with Crippen LogP contribution in [0.3, 0.4) is 0 Å². The largest absolute Gasteiger partial charge is 0.362 e. The van der Waals surface area contributed by atoms with E-state index < -0.39 is 0 Å². The van der Waals surface area contributed by atoms with E-state index in [1.807, 2.05) is 24.3 Å². The molecular formula is C18H17N5S. The summed E-state index contributed by atoms with van der Waals surface area (Å²) in [5, 5.41) is 10.0. The highest BCUT2D eigenvalue weighted by atomic mass is 32.1. The van der Waals surface area contributed by atoms with Crippen LogP contribution in [0, 0.1) is 0 Å². The zero-order chi connectivity index (χ0) is 16.4. The number of anilines is 1. The van der Waals surface area contributed by atoms with Crippen molar-refractivity contribution >= 4 is 22.9 Å². The van der Waals surface area contributed by atoms with E-state index in [9.17, 15) is 0 Å².